The van der Waals surface area contributed by atoms with Gasteiger partial charge in [-0.3, -0.25) is 9.10 Å². The van der Waals surface area contributed by atoms with Gasteiger partial charge in [0.25, 0.3) is 15.9 Å². The SMILES string of the molecule is COC[C@H](C)NC(=O)C1=C(c2ccccc2)c2ccccc2N(C)S1(=O)=O. The lowest BCUT2D eigenvalue weighted by molar-refractivity contribution is -0.117. The third kappa shape index (κ3) is 3.48. The zero-order valence-electron chi connectivity index (χ0n) is 15.5. The highest BCUT2D eigenvalue weighted by Gasteiger charge is 2.39. The second kappa shape index (κ2) is 7.54. The van der Waals surface area contributed by atoms with Gasteiger partial charge in [0.15, 0.2) is 4.91 Å². The van der Waals surface area contributed by atoms with Crippen LogP contribution in [0.1, 0.15) is 18.1 Å². The van der Waals surface area contributed by atoms with Crippen molar-refractivity contribution in [1.82, 2.24) is 5.32 Å². The van der Waals surface area contributed by atoms with Gasteiger partial charge >= 0.3 is 0 Å². The van der Waals surface area contributed by atoms with Crippen LogP contribution in [0.2, 0.25) is 0 Å². The van der Waals surface area contributed by atoms with Crippen molar-refractivity contribution in [3.05, 3.63) is 70.6 Å². The van der Waals surface area contributed by atoms with E-state index in [9.17, 15) is 13.2 Å². The standard InChI is InChI=1S/C20H22N2O4S/c1-14(13-26-3)21-20(23)19-18(15-9-5-4-6-10-15)16-11-7-8-12-17(16)22(2)27(19,24)25/h4-12,14H,13H2,1-3H3,(H,21,23)/t14-/m0/s1. The van der Waals surface area contributed by atoms with E-state index in [4.69, 9.17) is 4.74 Å². The van der Waals surface area contributed by atoms with Crippen molar-refractivity contribution in [1.29, 1.82) is 0 Å². The summed E-state index contributed by atoms with van der Waals surface area (Å²) in [6, 6.07) is 15.9. The van der Waals surface area contributed by atoms with E-state index >= 15 is 0 Å². The number of para-hydroxylation sites is 1. The number of nitrogens with zero attached hydrogens (tertiary/aromatic N) is 1. The van der Waals surface area contributed by atoms with Gasteiger partial charge < -0.3 is 10.1 Å². The van der Waals surface area contributed by atoms with Crippen LogP contribution in [0.25, 0.3) is 5.57 Å². The number of sulfonamides is 1. The smallest absolute Gasteiger partial charge is 0.270 e. The van der Waals surface area contributed by atoms with Crippen molar-refractivity contribution >= 4 is 27.2 Å². The van der Waals surface area contributed by atoms with E-state index < -0.39 is 15.9 Å². The third-order valence-corrected chi connectivity index (χ3v) is 6.24. The molecule has 142 valence electrons. The number of hydrogen-bond donors (Lipinski definition) is 1. The van der Waals surface area contributed by atoms with Crippen molar-refractivity contribution in [2.45, 2.75) is 13.0 Å². The van der Waals surface area contributed by atoms with Crippen LogP contribution < -0.4 is 9.62 Å². The number of hydrogen-bond acceptors (Lipinski definition) is 4. The highest BCUT2D eigenvalue weighted by Crippen LogP contribution is 2.41. The Hall–Kier alpha value is -2.64. The van der Waals surface area contributed by atoms with E-state index in [0.717, 1.165) is 4.31 Å². The lowest BCUT2D eigenvalue weighted by Crippen LogP contribution is -2.43. The van der Waals surface area contributed by atoms with Crippen LogP contribution >= 0.6 is 0 Å². The van der Waals surface area contributed by atoms with Crippen LogP contribution in [0.4, 0.5) is 5.69 Å². The minimum atomic E-state index is -4.01. The third-order valence-electron chi connectivity index (χ3n) is 4.42. The molecule has 0 fully saturated rings. The first kappa shape index (κ1) is 19.1. The van der Waals surface area contributed by atoms with Gasteiger partial charge in [-0.1, -0.05) is 48.5 Å². The first-order valence-electron chi connectivity index (χ1n) is 8.55. The highest BCUT2D eigenvalue weighted by molar-refractivity contribution is 7.97. The quantitative estimate of drug-likeness (QED) is 0.856. The van der Waals surface area contributed by atoms with Crippen molar-refractivity contribution < 1.29 is 17.9 Å². The van der Waals surface area contributed by atoms with Crippen LogP contribution in [0, 0.1) is 0 Å². The van der Waals surface area contributed by atoms with Crippen LogP contribution in [0.15, 0.2) is 59.5 Å². The average Bonchev–Trinajstić information content (AvgIpc) is 2.65. The maximum Gasteiger partial charge on any atom is 0.270 e. The second-order valence-electron chi connectivity index (χ2n) is 6.39. The minimum Gasteiger partial charge on any atom is -0.383 e. The molecule has 3 rings (SSSR count). The monoisotopic (exact) mass is 386 g/mol. The van der Waals surface area contributed by atoms with E-state index in [0.29, 0.717) is 22.4 Å². The summed E-state index contributed by atoms with van der Waals surface area (Å²) in [4.78, 5) is 12.8. The molecule has 0 unspecified atom stereocenters. The second-order valence-corrected chi connectivity index (χ2v) is 8.30. The molecule has 0 saturated carbocycles. The Kier molecular flexibility index (Phi) is 5.34. The number of nitrogens with one attached hydrogen (secondary N) is 1. The largest absolute Gasteiger partial charge is 0.383 e. The number of fused-ring (bicyclic) bond motifs is 1. The van der Waals surface area contributed by atoms with Gasteiger partial charge in [0, 0.05) is 31.3 Å². The zero-order valence-corrected chi connectivity index (χ0v) is 16.3. The fourth-order valence-corrected chi connectivity index (χ4v) is 4.65. The molecule has 0 radical (unpaired) electrons. The molecule has 1 atom stereocenters. The number of benzene rings is 2. The van der Waals surface area contributed by atoms with Crippen molar-refractivity contribution in [3.63, 3.8) is 0 Å². The van der Waals surface area contributed by atoms with Gasteiger partial charge in [0.2, 0.25) is 0 Å². The molecule has 7 heteroatoms. The lowest BCUT2D eigenvalue weighted by Gasteiger charge is -2.31. The maximum atomic E-state index is 13.2. The first-order valence-corrected chi connectivity index (χ1v) is 9.99. The van der Waals surface area contributed by atoms with Crippen LogP contribution in [-0.2, 0) is 19.6 Å². The molecule has 0 aliphatic carbocycles. The number of amides is 1. The Bertz CT molecular complexity index is 984. The molecule has 1 aliphatic heterocycles. The number of methoxy groups -OCH3 is 1. The molecule has 0 spiro atoms. The predicted octanol–water partition coefficient (Wildman–Crippen LogP) is 2.38. The lowest BCUT2D eigenvalue weighted by atomic mass is 9.95. The van der Waals surface area contributed by atoms with Gasteiger partial charge in [-0.15, -0.1) is 0 Å². The van der Waals surface area contributed by atoms with E-state index in [1.165, 1.54) is 14.2 Å². The van der Waals surface area contributed by atoms with Crippen LogP contribution in [0.3, 0.4) is 0 Å². The molecule has 27 heavy (non-hydrogen) atoms. The van der Waals surface area contributed by atoms with Crippen LogP contribution in [-0.4, -0.2) is 41.1 Å². The molecule has 2 aromatic rings. The van der Waals surface area contributed by atoms with Gasteiger partial charge in [-0.05, 0) is 18.6 Å². The number of ether oxygens (including phenoxy) is 1. The molecular weight excluding hydrogens is 364 g/mol. The Balaban J connectivity index is 2.27. The Morgan fingerprint density at radius 2 is 1.74 bits per heavy atom. The maximum absolute atomic E-state index is 13.2. The number of anilines is 1. The molecule has 6 nitrogen and oxygen atoms in total. The van der Waals surface area contributed by atoms with Gasteiger partial charge in [0.1, 0.15) is 0 Å². The number of carbonyl (C=O) groups is 1. The molecule has 1 heterocycles. The first-order chi connectivity index (χ1) is 12.9. The molecule has 0 saturated heterocycles. The molecule has 0 aromatic heterocycles. The fourth-order valence-electron chi connectivity index (χ4n) is 3.18. The Labute approximate surface area is 159 Å². The van der Waals surface area contributed by atoms with Crippen LogP contribution in [0.5, 0.6) is 0 Å². The van der Waals surface area contributed by atoms with Crippen molar-refractivity contribution in [2.75, 3.05) is 25.1 Å². The molecule has 2 aromatic carbocycles. The molecule has 1 N–H and O–H groups in total. The minimum absolute atomic E-state index is 0.252. The van der Waals surface area contributed by atoms with E-state index in [-0.39, 0.29) is 17.6 Å². The summed E-state index contributed by atoms with van der Waals surface area (Å²) in [5.41, 5.74) is 2.32. The van der Waals surface area contributed by atoms with E-state index in [1.54, 1.807) is 31.2 Å². The normalized spacial score (nSPS) is 16.6. The molecule has 0 bridgehead atoms. The Morgan fingerprint density at radius 3 is 2.41 bits per heavy atom. The van der Waals surface area contributed by atoms with Gasteiger partial charge in [-0.2, -0.15) is 0 Å². The Morgan fingerprint density at radius 1 is 1.11 bits per heavy atom. The zero-order chi connectivity index (χ0) is 19.6. The predicted molar refractivity (Wildman–Crippen MR) is 106 cm³/mol. The highest BCUT2D eigenvalue weighted by atomic mass is 32.2. The summed E-state index contributed by atoms with van der Waals surface area (Å²) in [7, 11) is -1.03. The summed E-state index contributed by atoms with van der Waals surface area (Å²) in [6.45, 7) is 2.05. The summed E-state index contributed by atoms with van der Waals surface area (Å²) in [6.07, 6.45) is 0. The summed E-state index contributed by atoms with van der Waals surface area (Å²) in [5.74, 6) is -0.639. The summed E-state index contributed by atoms with van der Waals surface area (Å²) < 4.78 is 32.6. The summed E-state index contributed by atoms with van der Waals surface area (Å²) in [5, 5.41) is 2.73. The topological polar surface area (TPSA) is 75.7 Å². The molecule has 1 aliphatic rings. The van der Waals surface area contributed by atoms with Crippen molar-refractivity contribution in [2.24, 2.45) is 0 Å². The average molecular weight is 386 g/mol. The number of carbonyl (C=O) groups excluding carboxylic acids is 1. The van der Waals surface area contributed by atoms with Crippen molar-refractivity contribution in [3.8, 4) is 0 Å². The van der Waals surface area contributed by atoms with Gasteiger partial charge in [-0.25, -0.2) is 8.42 Å². The van der Waals surface area contributed by atoms with Gasteiger partial charge in [0.05, 0.1) is 12.3 Å². The van der Waals surface area contributed by atoms with E-state index in [2.05, 4.69) is 5.32 Å². The van der Waals surface area contributed by atoms with E-state index in [1.807, 2.05) is 30.3 Å². The summed E-state index contributed by atoms with van der Waals surface area (Å²) >= 11 is 0. The molecular formula is C20H22N2O4S. The molecule has 1 amide bonds. The fraction of sp³-hybridized carbons (Fsp3) is 0.250. The number of rotatable bonds is 5.